The molecule has 226 valence electrons. The smallest absolute Gasteiger partial charge is 0.243 e. The third-order valence-electron chi connectivity index (χ3n) is 4.87. The zero-order valence-electron chi connectivity index (χ0n) is 22.7. The van der Waals surface area contributed by atoms with Gasteiger partial charge in [-0.05, 0) is 25.2 Å². The highest BCUT2D eigenvalue weighted by Crippen LogP contribution is 2.06. The molecule has 40 heavy (non-hydrogen) atoms. The largest absolute Gasteiger partial charge is 0.370 e. The topological polar surface area (TPSA) is 294 Å². The molecule has 0 aliphatic carbocycles. The summed E-state index contributed by atoms with van der Waals surface area (Å²) in [6.07, 6.45) is 1.60. The van der Waals surface area contributed by atoms with Crippen molar-refractivity contribution in [3.63, 3.8) is 0 Å². The number of nitrogens with one attached hydrogen (secondary N) is 7. The Morgan fingerprint density at radius 2 is 1.23 bits per heavy atom. The third-order valence-corrected chi connectivity index (χ3v) is 4.87. The molecule has 0 saturated carbocycles. The van der Waals surface area contributed by atoms with E-state index in [1.807, 2.05) is 13.8 Å². The van der Waals surface area contributed by atoms with Crippen LogP contribution in [0.5, 0.6) is 0 Å². The zero-order valence-corrected chi connectivity index (χ0v) is 22.7. The van der Waals surface area contributed by atoms with E-state index in [2.05, 4.69) is 42.3 Å². The van der Waals surface area contributed by atoms with Crippen LogP contribution in [0.3, 0.4) is 0 Å². The van der Waals surface area contributed by atoms with Crippen LogP contribution in [0.15, 0.2) is 4.99 Å². The summed E-state index contributed by atoms with van der Waals surface area (Å²) in [5.74, 6) is 1.18. The molecular formula is C22H41N11O7. The van der Waals surface area contributed by atoms with Crippen molar-refractivity contribution in [3.05, 3.63) is 0 Å². The second-order valence-corrected chi connectivity index (χ2v) is 8.94. The molecule has 0 radical (unpaired) electrons. The number of aldehydes is 1. The van der Waals surface area contributed by atoms with Gasteiger partial charge in [0.15, 0.2) is 5.96 Å². The van der Waals surface area contributed by atoms with Gasteiger partial charge in [-0.2, -0.15) is 0 Å². The van der Waals surface area contributed by atoms with Gasteiger partial charge >= 0.3 is 0 Å². The van der Waals surface area contributed by atoms with Gasteiger partial charge in [-0.1, -0.05) is 13.8 Å². The predicted octanol–water partition coefficient (Wildman–Crippen LogP) is -5.82. The van der Waals surface area contributed by atoms with Gasteiger partial charge in [0, 0.05) is 6.54 Å². The lowest BCUT2D eigenvalue weighted by Gasteiger charge is -2.22. The number of carbonyl (C=O) groups excluding carboxylic acids is 7. The molecule has 0 unspecified atom stereocenters. The van der Waals surface area contributed by atoms with Crippen LogP contribution < -0.4 is 54.6 Å². The first-order valence-corrected chi connectivity index (χ1v) is 12.5. The average Bonchev–Trinajstić information content (AvgIpc) is 2.89. The Balaban J connectivity index is 4.52. The van der Waals surface area contributed by atoms with E-state index >= 15 is 0 Å². The van der Waals surface area contributed by atoms with Crippen LogP contribution in [0, 0.1) is 5.92 Å². The third kappa shape index (κ3) is 18.9. The maximum Gasteiger partial charge on any atom is 0.243 e. The molecule has 0 fully saturated rings. The van der Waals surface area contributed by atoms with Gasteiger partial charge in [-0.25, -0.2) is 0 Å². The van der Waals surface area contributed by atoms with Crippen molar-refractivity contribution in [1.82, 2.24) is 37.3 Å². The minimum Gasteiger partial charge on any atom is -0.370 e. The van der Waals surface area contributed by atoms with E-state index in [0.717, 1.165) is 0 Å². The number of carbonyl (C=O) groups is 7. The van der Waals surface area contributed by atoms with E-state index in [0.29, 0.717) is 19.1 Å². The predicted molar refractivity (Wildman–Crippen MR) is 144 cm³/mol. The fourth-order valence-corrected chi connectivity index (χ4v) is 2.98. The lowest BCUT2D eigenvalue weighted by molar-refractivity contribution is -0.131. The number of hydrogen-bond donors (Lipinski definition) is 10. The molecule has 0 aromatic heterocycles. The van der Waals surface area contributed by atoms with Gasteiger partial charge in [0.25, 0.3) is 0 Å². The number of nitrogens with two attached hydrogens (primary N) is 3. The molecule has 0 aromatic carbocycles. The molecule has 13 N–H and O–H groups in total. The molecule has 0 aliphatic heterocycles. The highest BCUT2D eigenvalue weighted by atomic mass is 16.2. The summed E-state index contributed by atoms with van der Waals surface area (Å²) in [7, 11) is 0. The quantitative estimate of drug-likeness (QED) is 0.0164. The summed E-state index contributed by atoms with van der Waals surface area (Å²) in [6.45, 7) is 2.04. The Labute approximate surface area is 231 Å². The number of hydrazine groups is 1. The summed E-state index contributed by atoms with van der Waals surface area (Å²) in [6, 6.07) is -1.75. The number of hydrogen-bond acceptors (Lipinski definition) is 10. The van der Waals surface area contributed by atoms with Crippen LogP contribution in [-0.2, 0) is 33.6 Å². The molecule has 18 nitrogen and oxygen atoms in total. The van der Waals surface area contributed by atoms with Crippen LogP contribution in [0.4, 0.5) is 0 Å². The normalized spacial score (nSPS) is 11.8. The van der Waals surface area contributed by atoms with Crippen molar-refractivity contribution in [1.29, 1.82) is 0 Å². The number of nitrogens with zero attached hydrogens (tertiary/aromatic N) is 1. The van der Waals surface area contributed by atoms with Crippen molar-refractivity contribution in [2.75, 3.05) is 39.3 Å². The van der Waals surface area contributed by atoms with Gasteiger partial charge in [0.05, 0.1) is 38.8 Å². The fourth-order valence-electron chi connectivity index (χ4n) is 2.98. The Bertz CT molecular complexity index is 908. The minimum absolute atomic E-state index is 0.0251. The van der Waals surface area contributed by atoms with E-state index in [4.69, 9.17) is 17.3 Å². The van der Waals surface area contributed by atoms with Gasteiger partial charge in [0.2, 0.25) is 35.4 Å². The Kier molecular flexibility index (Phi) is 18.4. The van der Waals surface area contributed by atoms with Gasteiger partial charge < -0.3 is 48.2 Å². The molecule has 0 heterocycles. The molecular weight excluding hydrogens is 530 g/mol. The molecule has 0 aliphatic rings. The number of amides is 6. The molecule has 0 saturated heterocycles. The van der Waals surface area contributed by atoms with E-state index in [-0.39, 0.29) is 37.9 Å². The SMILES string of the molecule is CC(C)C[C@H](NC(=O)CNC(=O)CNC(=O)CNC(=O)CNC(=O)CNN)C(=O)N[C@H](C=O)CCCN=C(N)N. The minimum atomic E-state index is -0.954. The van der Waals surface area contributed by atoms with E-state index in [9.17, 15) is 33.6 Å². The highest BCUT2D eigenvalue weighted by Gasteiger charge is 2.24. The molecule has 6 amide bonds. The molecule has 2 atom stereocenters. The molecule has 0 rings (SSSR count). The fraction of sp³-hybridized carbons (Fsp3) is 0.636. The van der Waals surface area contributed by atoms with Gasteiger partial charge in [0.1, 0.15) is 12.3 Å². The maximum absolute atomic E-state index is 12.7. The van der Waals surface area contributed by atoms with Crippen LogP contribution >= 0.6 is 0 Å². The lowest BCUT2D eigenvalue weighted by atomic mass is 10.0. The molecule has 18 heteroatoms. The summed E-state index contributed by atoms with van der Waals surface area (Å²) in [5.41, 5.74) is 12.6. The average molecular weight is 572 g/mol. The maximum atomic E-state index is 12.7. The lowest BCUT2D eigenvalue weighted by Crippen LogP contribution is -2.52. The zero-order chi connectivity index (χ0) is 30.5. The monoisotopic (exact) mass is 571 g/mol. The van der Waals surface area contributed by atoms with Crippen LogP contribution in [0.25, 0.3) is 0 Å². The van der Waals surface area contributed by atoms with Crippen molar-refractivity contribution in [2.24, 2.45) is 28.2 Å². The van der Waals surface area contributed by atoms with Crippen molar-refractivity contribution in [3.8, 4) is 0 Å². The summed E-state index contributed by atoms with van der Waals surface area (Å²) in [5, 5.41) is 14.2. The molecule has 0 spiro atoms. The number of rotatable bonds is 20. The molecule has 0 bridgehead atoms. The standard InChI is InChI=1S/C22H41N11O7/c1-13(2)6-15(21(40)32-14(12-34)4-3-5-26-22(23)24)33-20(39)10-30-18(37)8-28-16(35)7-27-17(36)9-29-19(38)11-31-25/h12-15,31H,3-11,25H2,1-2H3,(H,27,36)(H,28,35)(H,29,38)(H,30,37)(H,32,40)(H,33,39)(H4,23,24,26)/t14-,15-/m0/s1. The van der Waals surface area contributed by atoms with Gasteiger partial charge in [-0.3, -0.25) is 45.0 Å². The molecule has 0 aromatic rings. The van der Waals surface area contributed by atoms with E-state index < -0.39 is 67.2 Å². The number of guanidine groups is 1. The number of aliphatic imine (C=N–C) groups is 1. The van der Waals surface area contributed by atoms with Gasteiger partial charge in [-0.15, -0.1) is 0 Å². The first kappa shape index (κ1) is 35.7. The Morgan fingerprint density at radius 1 is 0.750 bits per heavy atom. The van der Waals surface area contributed by atoms with Crippen LogP contribution in [0.1, 0.15) is 33.1 Å². The summed E-state index contributed by atoms with van der Waals surface area (Å²) < 4.78 is 0. The summed E-state index contributed by atoms with van der Waals surface area (Å²) >= 11 is 0. The summed E-state index contributed by atoms with van der Waals surface area (Å²) in [4.78, 5) is 86.8. The van der Waals surface area contributed by atoms with Crippen molar-refractivity contribution < 1.29 is 33.6 Å². The first-order valence-electron chi connectivity index (χ1n) is 12.5. The van der Waals surface area contributed by atoms with Crippen LogP contribution in [-0.4, -0.2) is 99.0 Å². The Morgan fingerprint density at radius 3 is 1.65 bits per heavy atom. The highest BCUT2D eigenvalue weighted by molar-refractivity contribution is 5.93. The first-order chi connectivity index (χ1) is 18.9. The second-order valence-electron chi connectivity index (χ2n) is 8.94. The van der Waals surface area contributed by atoms with Crippen molar-refractivity contribution >= 4 is 47.7 Å². The Hall–Kier alpha value is -4.32. The second kappa shape index (κ2) is 20.6. The van der Waals surface area contributed by atoms with E-state index in [1.165, 1.54) is 0 Å². The van der Waals surface area contributed by atoms with Crippen molar-refractivity contribution in [2.45, 2.75) is 45.2 Å². The van der Waals surface area contributed by atoms with Crippen LogP contribution in [0.2, 0.25) is 0 Å². The van der Waals surface area contributed by atoms with E-state index in [1.54, 1.807) is 0 Å².